The average molecular weight is 297 g/mol. The molecule has 2 N–H and O–H groups in total. The first kappa shape index (κ1) is 15.0. The number of carboxylic acids is 1. The normalized spacial score (nSPS) is 27.1. The molecule has 0 unspecified atom stereocenters. The highest BCUT2D eigenvalue weighted by atomic mass is 32.2. The van der Waals surface area contributed by atoms with Gasteiger partial charge in [0.25, 0.3) is 0 Å². The van der Waals surface area contributed by atoms with Gasteiger partial charge >= 0.3 is 5.97 Å². The van der Waals surface area contributed by atoms with Crippen molar-refractivity contribution in [3.05, 3.63) is 30.3 Å². The van der Waals surface area contributed by atoms with Gasteiger partial charge in [0.15, 0.2) is 0 Å². The minimum Gasteiger partial charge on any atom is -0.480 e. The number of sulfonamides is 1. The number of carboxylic acid groups (broad SMARTS) is 1. The van der Waals surface area contributed by atoms with Crippen molar-refractivity contribution < 1.29 is 18.3 Å². The Labute approximate surface area is 119 Å². The van der Waals surface area contributed by atoms with Crippen molar-refractivity contribution in [2.24, 2.45) is 5.92 Å². The molecule has 5 nitrogen and oxygen atoms in total. The maximum atomic E-state index is 12.3. The first-order valence-electron chi connectivity index (χ1n) is 6.68. The molecular weight excluding hydrogens is 278 g/mol. The highest BCUT2D eigenvalue weighted by Crippen LogP contribution is 2.33. The van der Waals surface area contributed by atoms with Crippen molar-refractivity contribution >= 4 is 16.0 Å². The van der Waals surface area contributed by atoms with E-state index in [4.69, 9.17) is 0 Å². The van der Waals surface area contributed by atoms with Crippen LogP contribution in [0, 0.1) is 5.92 Å². The summed E-state index contributed by atoms with van der Waals surface area (Å²) in [6.45, 7) is 2.05. The van der Waals surface area contributed by atoms with Gasteiger partial charge in [0, 0.05) is 0 Å². The van der Waals surface area contributed by atoms with Crippen LogP contribution in [-0.2, 0) is 14.8 Å². The van der Waals surface area contributed by atoms with Crippen LogP contribution in [0.5, 0.6) is 0 Å². The first-order chi connectivity index (χ1) is 9.36. The summed E-state index contributed by atoms with van der Waals surface area (Å²) in [7, 11) is -3.81. The third-order valence-electron chi connectivity index (χ3n) is 3.92. The van der Waals surface area contributed by atoms with Gasteiger partial charge in [-0.3, -0.25) is 4.79 Å². The van der Waals surface area contributed by atoms with E-state index in [9.17, 15) is 18.3 Å². The molecule has 2 rings (SSSR count). The summed E-state index contributed by atoms with van der Waals surface area (Å²) < 4.78 is 27.1. The van der Waals surface area contributed by atoms with E-state index in [0.717, 1.165) is 0 Å². The zero-order valence-corrected chi connectivity index (χ0v) is 12.2. The van der Waals surface area contributed by atoms with Crippen LogP contribution in [0.2, 0.25) is 0 Å². The standard InChI is InChI=1S/C14H19NO4S/c1-11-7-9-14(10-8-11,13(16)17)15-20(18,19)12-5-3-2-4-6-12/h2-6,11,15H,7-10H2,1H3,(H,16,17). The molecule has 0 saturated heterocycles. The molecule has 0 aromatic heterocycles. The maximum absolute atomic E-state index is 12.3. The number of hydrogen-bond acceptors (Lipinski definition) is 3. The SMILES string of the molecule is CC1CCC(NS(=O)(=O)c2ccccc2)(C(=O)O)CC1. The highest BCUT2D eigenvalue weighted by Gasteiger charge is 2.44. The van der Waals surface area contributed by atoms with Gasteiger partial charge < -0.3 is 5.11 Å². The molecule has 0 atom stereocenters. The maximum Gasteiger partial charge on any atom is 0.324 e. The molecule has 20 heavy (non-hydrogen) atoms. The Hall–Kier alpha value is -1.40. The van der Waals surface area contributed by atoms with Crippen molar-refractivity contribution in [1.29, 1.82) is 0 Å². The minimum absolute atomic E-state index is 0.0965. The van der Waals surface area contributed by atoms with Gasteiger partial charge in [-0.1, -0.05) is 25.1 Å². The molecule has 0 radical (unpaired) electrons. The Morgan fingerprint density at radius 3 is 2.30 bits per heavy atom. The Balaban J connectivity index is 2.27. The smallest absolute Gasteiger partial charge is 0.324 e. The molecule has 0 aliphatic heterocycles. The second kappa shape index (κ2) is 5.54. The van der Waals surface area contributed by atoms with Gasteiger partial charge in [-0.05, 0) is 43.7 Å². The van der Waals surface area contributed by atoms with Crippen molar-refractivity contribution in [2.45, 2.75) is 43.0 Å². The van der Waals surface area contributed by atoms with Crippen LogP contribution in [-0.4, -0.2) is 25.0 Å². The zero-order valence-electron chi connectivity index (χ0n) is 11.4. The fourth-order valence-electron chi connectivity index (χ4n) is 2.53. The van der Waals surface area contributed by atoms with E-state index in [2.05, 4.69) is 11.6 Å². The third kappa shape index (κ3) is 3.02. The molecule has 0 bridgehead atoms. The van der Waals surface area contributed by atoms with Crippen LogP contribution in [0.25, 0.3) is 0 Å². The largest absolute Gasteiger partial charge is 0.480 e. The lowest BCUT2D eigenvalue weighted by molar-refractivity contribution is -0.145. The molecule has 1 aliphatic rings. The van der Waals surface area contributed by atoms with E-state index in [1.54, 1.807) is 18.2 Å². The van der Waals surface area contributed by atoms with Crippen LogP contribution in [0.4, 0.5) is 0 Å². The van der Waals surface area contributed by atoms with Crippen LogP contribution < -0.4 is 4.72 Å². The number of rotatable bonds is 4. The van der Waals surface area contributed by atoms with Gasteiger partial charge in [-0.15, -0.1) is 0 Å². The fraction of sp³-hybridized carbons (Fsp3) is 0.500. The molecule has 0 heterocycles. The Morgan fingerprint density at radius 1 is 1.25 bits per heavy atom. The van der Waals surface area contributed by atoms with Gasteiger partial charge in [0.05, 0.1) is 4.90 Å². The van der Waals surface area contributed by atoms with Crippen LogP contribution >= 0.6 is 0 Å². The summed E-state index contributed by atoms with van der Waals surface area (Å²) in [5.41, 5.74) is -1.37. The lowest BCUT2D eigenvalue weighted by Gasteiger charge is -2.36. The molecule has 1 aromatic carbocycles. The Kier molecular flexibility index (Phi) is 4.15. The lowest BCUT2D eigenvalue weighted by Crippen LogP contribution is -2.56. The molecule has 1 saturated carbocycles. The Morgan fingerprint density at radius 2 is 1.80 bits per heavy atom. The zero-order chi connectivity index (χ0) is 14.8. The van der Waals surface area contributed by atoms with Crippen LogP contribution in [0.1, 0.15) is 32.6 Å². The monoisotopic (exact) mass is 297 g/mol. The quantitative estimate of drug-likeness (QED) is 0.890. The number of benzene rings is 1. The minimum atomic E-state index is -3.81. The van der Waals surface area contributed by atoms with E-state index in [-0.39, 0.29) is 4.90 Å². The first-order valence-corrected chi connectivity index (χ1v) is 8.16. The fourth-order valence-corrected chi connectivity index (χ4v) is 3.97. The van der Waals surface area contributed by atoms with Gasteiger partial charge in [0.1, 0.15) is 5.54 Å². The molecule has 0 amide bonds. The number of carbonyl (C=O) groups is 1. The van der Waals surface area contributed by atoms with Crippen molar-refractivity contribution in [3.8, 4) is 0 Å². The third-order valence-corrected chi connectivity index (χ3v) is 5.47. The molecule has 1 fully saturated rings. The second-order valence-electron chi connectivity index (χ2n) is 5.49. The summed E-state index contributed by atoms with van der Waals surface area (Å²) in [4.78, 5) is 11.7. The van der Waals surface area contributed by atoms with Gasteiger partial charge in [0.2, 0.25) is 10.0 Å². The average Bonchev–Trinajstić information content (AvgIpc) is 2.42. The van der Waals surface area contributed by atoms with Crippen molar-refractivity contribution in [2.75, 3.05) is 0 Å². The van der Waals surface area contributed by atoms with E-state index >= 15 is 0 Å². The van der Waals surface area contributed by atoms with E-state index in [1.165, 1.54) is 12.1 Å². The number of hydrogen-bond donors (Lipinski definition) is 2. The van der Waals surface area contributed by atoms with Gasteiger partial charge in [-0.2, -0.15) is 4.72 Å². The molecule has 1 aromatic rings. The number of nitrogens with one attached hydrogen (secondary N) is 1. The molecule has 0 spiro atoms. The molecule has 1 aliphatic carbocycles. The van der Waals surface area contributed by atoms with Crippen LogP contribution in [0.15, 0.2) is 35.2 Å². The highest BCUT2D eigenvalue weighted by molar-refractivity contribution is 7.89. The number of aliphatic carboxylic acids is 1. The van der Waals surface area contributed by atoms with E-state index in [1.807, 2.05) is 0 Å². The summed E-state index contributed by atoms with van der Waals surface area (Å²) in [6.07, 6.45) is 2.08. The second-order valence-corrected chi connectivity index (χ2v) is 7.17. The molecular formula is C14H19NO4S. The summed E-state index contributed by atoms with van der Waals surface area (Å²) in [6, 6.07) is 7.87. The molecule has 110 valence electrons. The topological polar surface area (TPSA) is 83.5 Å². The predicted octanol–water partition coefficient (Wildman–Crippen LogP) is 2.00. The van der Waals surface area contributed by atoms with Crippen LogP contribution in [0.3, 0.4) is 0 Å². The summed E-state index contributed by atoms with van der Waals surface area (Å²) in [5.74, 6) is -0.660. The van der Waals surface area contributed by atoms with Crippen molar-refractivity contribution in [1.82, 2.24) is 4.72 Å². The Bertz CT molecular complexity index is 574. The lowest BCUT2D eigenvalue weighted by atomic mass is 9.78. The summed E-state index contributed by atoms with van der Waals surface area (Å²) in [5, 5.41) is 9.46. The molecule has 6 heteroatoms. The van der Waals surface area contributed by atoms with E-state index in [0.29, 0.717) is 31.6 Å². The van der Waals surface area contributed by atoms with E-state index < -0.39 is 21.5 Å². The van der Waals surface area contributed by atoms with Gasteiger partial charge in [-0.25, -0.2) is 8.42 Å². The predicted molar refractivity (Wildman–Crippen MR) is 74.8 cm³/mol. The summed E-state index contributed by atoms with van der Waals surface area (Å²) >= 11 is 0. The van der Waals surface area contributed by atoms with Crippen molar-refractivity contribution in [3.63, 3.8) is 0 Å².